The van der Waals surface area contributed by atoms with Crippen LogP contribution in [0.1, 0.15) is 25.0 Å². The van der Waals surface area contributed by atoms with Gasteiger partial charge < -0.3 is 4.57 Å². The summed E-state index contributed by atoms with van der Waals surface area (Å²) in [5.41, 5.74) is 12.8. The highest BCUT2D eigenvalue weighted by atomic mass is 15.0. The van der Waals surface area contributed by atoms with E-state index in [9.17, 15) is 0 Å². The zero-order chi connectivity index (χ0) is 30.6. The van der Waals surface area contributed by atoms with E-state index in [4.69, 9.17) is 0 Å². The predicted molar refractivity (Wildman–Crippen MR) is 195 cm³/mol. The van der Waals surface area contributed by atoms with E-state index in [0.29, 0.717) is 0 Å². The molecule has 1 heteroatoms. The summed E-state index contributed by atoms with van der Waals surface area (Å²) in [6.45, 7) is 4.81. The molecule has 9 aromatic rings. The van der Waals surface area contributed by atoms with Gasteiger partial charge in [-0.15, -0.1) is 0 Å². The van der Waals surface area contributed by atoms with Crippen molar-refractivity contribution >= 4 is 43.2 Å². The van der Waals surface area contributed by atoms with Gasteiger partial charge in [0, 0.05) is 22.1 Å². The molecule has 0 unspecified atom stereocenters. The Labute approximate surface area is 268 Å². The number of nitrogens with zero attached hydrogens (tertiary/aromatic N) is 1. The molecular weight excluding hydrogens is 555 g/mol. The zero-order valence-electron chi connectivity index (χ0n) is 25.9. The van der Waals surface area contributed by atoms with Crippen molar-refractivity contribution in [3.8, 4) is 39.2 Å². The summed E-state index contributed by atoms with van der Waals surface area (Å²) in [4.78, 5) is 0. The molecular formula is C45H31N. The lowest BCUT2D eigenvalue weighted by Crippen LogP contribution is -2.15. The van der Waals surface area contributed by atoms with E-state index >= 15 is 0 Å². The molecule has 1 heterocycles. The molecule has 0 amide bonds. The van der Waals surface area contributed by atoms with Crippen molar-refractivity contribution in [1.29, 1.82) is 0 Å². The maximum absolute atomic E-state index is 2.52. The van der Waals surface area contributed by atoms with E-state index in [1.54, 1.807) is 0 Å². The van der Waals surface area contributed by atoms with Crippen LogP contribution in [0.4, 0.5) is 0 Å². The van der Waals surface area contributed by atoms with Gasteiger partial charge in [0.05, 0.1) is 11.2 Å². The number of hydrogen-bond donors (Lipinski definition) is 0. The second-order valence-corrected chi connectivity index (χ2v) is 13.3. The van der Waals surface area contributed by atoms with Crippen molar-refractivity contribution in [3.63, 3.8) is 0 Å². The van der Waals surface area contributed by atoms with Crippen LogP contribution in [0.2, 0.25) is 0 Å². The van der Waals surface area contributed by atoms with Crippen LogP contribution in [0.3, 0.4) is 0 Å². The van der Waals surface area contributed by atoms with Gasteiger partial charge in [-0.1, -0.05) is 147 Å². The summed E-state index contributed by atoms with van der Waals surface area (Å²) in [6.07, 6.45) is 0. The van der Waals surface area contributed by atoms with Gasteiger partial charge in [-0.3, -0.25) is 0 Å². The highest BCUT2D eigenvalue weighted by Gasteiger charge is 2.41. The summed E-state index contributed by atoms with van der Waals surface area (Å²) in [5.74, 6) is 0. The number of benzene rings is 8. The summed E-state index contributed by atoms with van der Waals surface area (Å²) in [7, 11) is 0. The van der Waals surface area contributed by atoms with Crippen LogP contribution in [0.15, 0.2) is 152 Å². The lowest BCUT2D eigenvalue weighted by atomic mass is 9.80. The van der Waals surface area contributed by atoms with Gasteiger partial charge in [-0.2, -0.15) is 0 Å². The van der Waals surface area contributed by atoms with Crippen LogP contribution >= 0.6 is 0 Å². The molecule has 8 aromatic carbocycles. The van der Waals surface area contributed by atoms with Crippen LogP contribution in [0, 0.1) is 0 Å². The minimum absolute atomic E-state index is 0.153. The molecule has 46 heavy (non-hydrogen) atoms. The zero-order valence-corrected chi connectivity index (χ0v) is 25.9. The first-order valence-corrected chi connectivity index (χ1v) is 16.2. The van der Waals surface area contributed by atoms with Crippen molar-refractivity contribution < 1.29 is 0 Å². The average molecular weight is 586 g/mol. The first kappa shape index (κ1) is 25.6. The third-order valence-electron chi connectivity index (χ3n) is 10.5. The molecule has 10 rings (SSSR count). The molecule has 0 saturated carbocycles. The molecule has 0 radical (unpaired) electrons. The van der Waals surface area contributed by atoms with Crippen LogP contribution in [0.5, 0.6) is 0 Å². The normalized spacial score (nSPS) is 13.6. The first-order valence-electron chi connectivity index (χ1n) is 16.2. The first-order chi connectivity index (χ1) is 22.6. The minimum Gasteiger partial charge on any atom is -0.309 e. The predicted octanol–water partition coefficient (Wildman–Crippen LogP) is 12.2. The molecule has 0 atom stereocenters. The van der Waals surface area contributed by atoms with Crippen molar-refractivity contribution in [3.05, 3.63) is 163 Å². The third-order valence-corrected chi connectivity index (χ3v) is 10.5. The molecule has 216 valence electrons. The number of hydrogen-bond acceptors (Lipinski definition) is 0. The Morgan fingerprint density at radius 2 is 1.07 bits per heavy atom. The Kier molecular flexibility index (Phi) is 5.12. The monoisotopic (exact) mass is 585 g/mol. The van der Waals surface area contributed by atoms with Gasteiger partial charge >= 0.3 is 0 Å². The summed E-state index contributed by atoms with van der Waals surface area (Å²) in [6, 6.07) is 56.2. The lowest BCUT2D eigenvalue weighted by molar-refractivity contribution is 0.666. The maximum Gasteiger partial charge on any atom is 0.0585 e. The fourth-order valence-corrected chi connectivity index (χ4v) is 8.47. The summed E-state index contributed by atoms with van der Waals surface area (Å²) < 4.78 is 2.52. The summed E-state index contributed by atoms with van der Waals surface area (Å²) >= 11 is 0. The smallest absolute Gasteiger partial charge is 0.0585 e. The van der Waals surface area contributed by atoms with Gasteiger partial charge in [0.15, 0.2) is 0 Å². The fraction of sp³-hybridized carbons (Fsp3) is 0.0667. The number of fused-ring (bicyclic) bond motifs is 5. The standard InChI is InChI=1S/C45H31N/c1-45(2)38-16-7-6-14-37(38)44-43(45)42-35(34-26-22-32-19-18-30-12-8-13-31-23-27-36(34)41(32)40(30)31)15-9-17-39(42)46(44)33-24-20-29(21-25-33)28-10-4-3-5-11-28/h3-27H,1-2H3. The maximum atomic E-state index is 2.52. The third kappa shape index (κ3) is 3.35. The molecule has 0 aliphatic heterocycles. The lowest BCUT2D eigenvalue weighted by Gasteiger charge is -2.22. The van der Waals surface area contributed by atoms with Gasteiger partial charge in [0.25, 0.3) is 0 Å². The van der Waals surface area contributed by atoms with Gasteiger partial charge in [0.1, 0.15) is 0 Å². The number of rotatable bonds is 3. The molecule has 0 fully saturated rings. The largest absolute Gasteiger partial charge is 0.309 e. The Hall–Kier alpha value is -5.66. The van der Waals surface area contributed by atoms with Crippen molar-refractivity contribution in [1.82, 2.24) is 4.57 Å². The van der Waals surface area contributed by atoms with E-state index in [2.05, 4.69) is 170 Å². The number of aromatic nitrogens is 1. The Morgan fingerprint density at radius 3 is 1.87 bits per heavy atom. The molecule has 0 saturated heterocycles. The van der Waals surface area contributed by atoms with Crippen LogP contribution in [-0.2, 0) is 5.41 Å². The van der Waals surface area contributed by atoms with Crippen LogP contribution < -0.4 is 0 Å². The van der Waals surface area contributed by atoms with Gasteiger partial charge in [-0.05, 0) is 83.9 Å². The van der Waals surface area contributed by atoms with Crippen molar-refractivity contribution in [2.45, 2.75) is 19.3 Å². The molecule has 0 bridgehead atoms. The minimum atomic E-state index is -0.153. The fourth-order valence-electron chi connectivity index (χ4n) is 8.47. The Bertz CT molecular complexity index is 2620. The topological polar surface area (TPSA) is 4.93 Å². The molecule has 1 aliphatic carbocycles. The Balaban J connectivity index is 1.30. The van der Waals surface area contributed by atoms with E-state index in [1.807, 2.05) is 0 Å². The van der Waals surface area contributed by atoms with Crippen molar-refractivity contribution in [2.24, 2.45) is 0 Å². The quantitative estimate of drug-likeness (QED) is 0.182. The molecule has 1 aliphatic rings. The van der Waals surface area contributed by atoms with E-state index < -0.39 is 0 Å². The average Bonchev–Trinajstić information content (AvgIpc) is 3.58. The van der Waals surface area contributed by atoms with Gasteiger partial charge in [-0.25, -0.2) is 0 Å². The van der Waals surface area contributed by atoms with E-state index in [-0.39, 0.29) is 5.41 Å². The second-order valence-electron chi connectivity index (χ2n) is 13.3. The highest BCUT2D eigenvalue weighted by Crippen LogP contribution is 2.55. The molecule has 1 aromatic heterocycles. The van der Waals surface area contributed by atoms with E-state index in [0.717, 1.165) is 0 Å². The second kappa shape index (κ2) is 9.19. The van der Waals surface area contributed by atoms with Crippen molar-refractivity contribution in [2.75, 3.05) is 0 Å². The van der Waals surface area contributed by atoms with Crippen LogP contribution in [0.25, 0.3) is 82.4 Å². The Morgan fingerprint density at radius 1 is 0.435 bits per heavy atom. The van der Waals surface area contributed by atoms with E-state index in [1.165, 1.54) is 93.5 Å². The molecule has 1 nitrogen and oxygen atoms in total. The molecule has 0 spiro atoms. The molecule has 0 N–H and O–H groups in total. The SMILES string of the molecule is CC1(C)c2ccccc2-c2c1c1c(-c3ccc4ccc5cccc6ccc3c4c56)cccc1n2-c1ccc(-c2ccccc2)cc1. The van der Waals surface area contributed by atoms with Crippen LogP contribution in [-0.4, -0.2) is 4.57 Å². The van der Waals surface area contributed by atoms with Gasteiger partial charge in [0.2, 0.25) is 0 Å². The highest BCUT2D eigenvalue weighted by molar-refractivity contribution is 6.26. The summed E-state index contributed by atoms with van der Waals surface area (Å²) in [5, 5.41) is 9.28.